The SMILES string of the molecule is C#CC(Nc1nc(N)nc(C(F)(F)F)n1)C(C)C. The van der Waals surface area contributed by atoms with Crippen molar-refractivity contribution in [2.24, 2.45) is 5.92 Å². The molecule has 0 amide bonds. The maximum atomic E-state index is 12.4. The third-order valence-electron chi connectivity index (χ3n) is 2.04. The molecule has 0 aliphatic heterocycles. The van der Waals surface area contributed by atoms with E-state index in [9.17, 15) is 13.2 Å². The first-order chi connectivity index (χ1) is 8.24. The van der Waals surface area contributed by atoms with Gasteiger partial charge in [0.2, 0.25) is 17.7 Å². The summed E-state index contributed by atoms with van der Waals surface area (Å²) in [5.74, 6) is 0.246. The minimum Gasteiger partial charge on any atom is -0.368 e. The van der Waals surface area contributed by atoms with Crippen LogP contribution >= 0.6 is 0 Å². The molecule has 0 aliphatic rings. The summed E-state index contributed by atoms with van der Waals surface area (Å²) >= 11 is 0. The first-order valence-electron chi connectivity index (χ1n) is 5.05. The summed E-state index contributed by atoms with van der Waals surface area (Å²) < 4.78 is 37.3. The maximum absolute atomic E-state index is 12.4. The third kappa shape index (κ3) is 3.48. The molecule has 0 aliphatic carbocycles. The Labute approximate surface area is 102 Å². The van der Waals surface area contributed by atoms with Gasteiger partial charge in [-0.1, -0.05) is 19.8 Å². The minimum absolute atomic E-state index is 0.00215. The largest absolute Gasteiger partial charge is 0.451 e. The molecule has 3 N–H and O–H groups in total. The lowest BCUT2D eigenvalue weighted by Crippen LogP contribution is -2.26. The Morgan fingerprint density at radius 1 is 1.28 bits per heavy atom. The molecule has 1 aromatic rings. The second-order valence-corrected chi connectivity index (χ2v) is 3.87. The summed E-state index contributed by atoms with van der Waals surface area (Å²) in [6, 6.07) is -0.493. The van der Waals surface area contributed by atoms with E-state index < -0.39 is 24.0 Å². The molecule has 0 aromatic carbocycles. The smallest absolute Gasteiger partial charge is 0.368 e. The highest BCUT2D eigenvalue weighted by atomic mass is 19.4. The van der Waals surface area contributed by atoms with Gasteiger partial charge in [-0.2, -0.15) is 28.1 Å². The molecule has 1 aromatic heterocycles. The average Bonchev–Trinajstić information content (AvgIpc) is 2.23. The van der Waals surface area contributed by atoms with Gasteiger partial charge in [-0.05, 0) is 5.92 Å². The van der Waals surface area contributed by atoms with Crippen molar-refractivity contribution in [1.29, 1.82) is 0 Å². The molecular formula is C10H12F3N5. The quantitative estimate of drug-likeness (QED) is 0.805. The van der Waals surface area contributed by atoms with Crippen LogP contribution in [-0.4, -0.2) is 21.0 Å². The molecule has 0 radical (unpaired) electrons. The average molecular weight is 259 g/mol. The lowest BCUT2D eigenvalue weighted by molar-refractivity contribution is -0.144. The van der Waals surface area contributed by atoms with Crippen LogP contribution < -0.4 is 11.1 Å². The predicted molar refractivity (Wildman–Crippen MR) is 60.3 cm³/mol. The molecule has 1 atom stereocenters. The van der Waals surface area contributed by atoms with Crippen LogP contribution in [0.25, 0.3) is 0 Å². The van der Waals surface area contributed by atoms with E-state index in [1.807, 2.05) is 13.8 Å². The molecule has 0 saturated heterocycles. The highest BCUT2D eigenvalue weighted by Crippen LogP contribution is 2.27. The fourth-order valence-corrected chi connectivity index (χ4v) is 1.12. The van der Waals surface area contributed by atoms with Gasteiger partial charge in [0, 0.05) is 0 Å². The number of alkyl halides is 3. The van der Waals surface area contributed by atoms with E-state index in [0.717, 1.165) is 0 Å². The van der Waals surface area contributed by atoms with E-state index in [4.69, 9.17) is 12.2 Å². The van der Waals surface area contributed by atoms with E-state index in [-0.39, 0.29) is 11.9 Å². The van der Waals surface area contributed by atoms with Crippen molar-refractivity contribution in [3.63, 3.8) is 0 Å². The Morgan fingerprint density at radius 3 is 2.33 bits per heavy atom. The molecule has 0 saturated carbocycles. The molecule has 1 heterocycles. The molecular weight excluding hydrogens is 247 g/mol. The van der Waals surface area contributed by atoms with Crippen molar-refractivity contribution in [3.05, 3.63) is 5.82 Å². The molecule has 0 spiro atoms. The number of nitrogens with zero attached hydrogens (tertiary/aromatic N) is 3. The number of nitrogens with one attached hydrogen (secondary N) is 1. The number of halogens is 3. The van der Waals surface area contributed by atoms with Gasteiger partial charge < -0.3 is 11.1 Å². The van der Waals surface area contributed by atoms with E-state index in [0.29, 0.717) is 0 Å². The van der Waals surface area contributed by atoms with Crippen LogP contribution in [0.1, 0.15) is 19.7 Å². The van der Waals surface area contributed by atoms with Crippen LogP contribution in [-0.2, 0) is 6.18 Å². The highest BCUT2D eigenvalue weighted by Gasteiger charge is 2.35. The van der Waals surface area contributed by atoms with Gasteiger partial charge in [-0.15, -0.1) is 6.42 Å². The van der Waals surface area contributed by atoms with Crippen molar-refractivity contribution in [1.82, 2.24) is 15.0 Å². The van der Waals surface area contributed by atoms with Crippen LogP contribution in [0.5, 0.6) is 0 Å². The molecule has 8 heteroatoms. The fourth-order valence-electron chi connectivity index (χ4n) is 1.12. The van der Waals surface area contributed by atoms with Crippen molar-refractivity contribution in [3.8, 4) is 12.3 Å². The Bertz CT molecular complexity index is 464. The minimum atomic E-state index is -4.68. The molecule has 0 fully saturated rings. The van der Waals surface area contributed by atoms with Gasteiger partial charge in [0.15, 0.2) is 0 Å². The van der Waals surface area contributed by atoms with Gasteiger partial charge in [0.1, 0.15) is 0 Å². The summed E-state index contributed by atoms with van der Waals surface area (Å²) in [5.41, 5.74) is 5.20. The Morgan fingerprint density at radius 2 is 1.89 bits per heavy atom. The maximum Gasteiger partial charge on any atom is 0.451 e. The summed E-state index contributed by atoms with van der Waals surface area (Å²) in [6.07, 6.45) is 0.563. The second kappa shape index (κ2) is 5.08. The molecule has 0 bridgehead atoms. The zero-order valence-electron chi connectivity index (χ0n) is 9.78. The van der Waals surface area contributed by atoms with E-state index in [1.54, 1.807) is 0 Å². The van der Waals surface area contributed by atoms with E-state index >= 15 is 0 Å². The fraction of sp³-hybridized carbons (Fsp3) is 0.500. The second-order valence-electron chi connectivity index (χ2n) is 3.87. The molecule has 1 unspecified atom stereocenters. The van der Waals surface area contributed by atoms with Gasteiger partial charge in [0.25, 0.3) is 0 Å². The van der Waals surface area contributed by atoms with Gasteiger partial charge in [-0.25, -0.2) is 0 Å². The Balaban J connectivity index is 3.04. The van der Waals surface area contributed by atoms with Crippen LogP contribution in [0.4, 0.5) is 25.1 Å². The molecule has 1 rings (SSSR count). The number of terminal acetylenes is 1. The number of hydrogen-bond acceptors (Lipinski definition) is 5. The van der Waals surface area contributed by atoms with Crippen LogP contribution in [0.3, 0.4) is 0 Å². The van der Waals surface area contributed by atoms with Gasteiger partial charge in [-0.3, -0.25) is 0 Å². The van der Waals surface area contributed by atoms with Crippen LogP contribution in [0, 0.1) is 18.3 Å². The number of anilines is 2. The van der Waals surface area contributed by atoms with Crippen molar-refractivity contribution in [2.45, 2.75) is 26.1 Å². The highest BCUT2D eigenvalue weighted by molar-refractivity contribution is 5.35. The molecule has 98 valence electrons. The normalized spacial score (nSPS) is 13.2. The first kappa shape index (κ1) is 14.0. The van der Waals surface area contributed by atoms with Crippen molar-refractivity contribution < 1.29 is 13.2 Å². The van der Waals surface area contributed by atoms with Crippen molar-refractivity contribution >= 4 is 11.9 Å². The monoisotopic (exact) mass is 259 g/mol. The number of hydrogen-bond donors (Lipinski definition) is 2. The predicted octanol–water partition coefficient (Wildman–Crippen LogP) is 1.54. The summed E-state index contributed by atoms with van der Waals surface area (Å²) in [4.78, 5) is 9.83. The summed E-state index contributed by atoms with van der Waals surface area (Å²) in [6.45, 7) is 3.62. The molecule has 5 nitrogen and oxygen atoms in total. The number of rotatable bonds is 3. The number of nitrogen functional groups attached to an aromatic ring is 1. The standard InChI is InChI=1S/C10H12F3N5/c1-4-6(5(2)3)15-9-17-7(10(11,12)13)16-8(14)18-9/h1,5-6H,2-3H3,(H3,14,15,16,17,18). The van der Waals surface area contributed by atoms with E-state index in [1.165, 1.54) is 0 Å². The van der Waals surface area contributed by atoms with Gasteiger partial charge >= 0.3 is 6.18 Å². The van der Waals surface area contributed by atoms with Crippen molar-refractivity contribution in [2.75, 3.05) is 11.1 Å². The van der Waals surface area contributed by atoms with Crippen LogP contribution in [0.2, 0.25) is 0 Å². The topological polar surface area (TPSA) is 76.7 Å². The first-order valence-corrected chi connectivity index (χ1v) is 5.05. The number of nitrogens with two attached hydrogens (primary N) is 1. The summed E-state index contributed by atoms with van der Waals surface area (Å²) in [5, 5.41) is 2.60. The molecule has 18 heavy (non-hydrogen) atoms. The Kier molecular flexibility index (Phi) is 3.96. The lowest BCUT2D eigenvalue weighted by atomic mass is 10.1. The van der Waals surface area contributed by atoms with E-state index in [2.05, 4.69) is 26.2 Å². The van der Waals surface area contributed by atoms with Gasteiger partial charge in [0.05, 0.1) is 6.04 Å². The lowest BCUT2D eigenvalue weighted by Gasteiger charge is -2.17. The zero-order chi connectivity index (χ0) is 13.9. The number of aromatic nitrogens is 3. The summed E-state index contributed by atoms with van der Waals surface area (Å²) in [7, 11) is 0. The van der Waals surface area contributed by atoms with Crippen LogP contribution in [0.15, 0.2) is 0 Å². The zero-order valence-corrected chi connectivity index (χ0v) is 9.78. The Hall–Kier alpha value is -2.04. The third-order valence-corrected chi connectivity index (χ3v) is 2.04.